The molecule has 37 heteroatoms. The first kappa shape index (κ1) is 68.1. The smallest absolute Gasteiger partial charge is 0.217 e. The number of aliphatic hydroxyl groups is 20. The summed E-state index contributed by atoms with van der Waals surface area (Å²) in [6.07, 6.45) is -61.9. The molecule has 22 N–H and O–H groups in total. The zero-order valence-corrected chi connectivity index (χ0v) is 44.5. The maximum absolute atomic E-state index is 12.6. The first-order valence-electron chi connectivity index (χ1n) is 26.5. The van der Waals surface area contributed by atoms with E-state index in [4.69, 9.17) is 61.6 Å². The molecule has 7 fully saturated rings. The van der Waals surface area contributed by atoms with Gasteiger partial charge in [-0.25, -0.2) is 0 Å². The summed E-state index contributed by atoms with van der Waals surface area (Å²) in [5, 5.41) is 219. The van der Waals surface area contributed by atoms with E-state index in [1.54, 1.807) is 0 Å². The van der Waals surface area contributed by atoms with Crippen molar-refractivity contribution in [2.75, 3.05) is 39.6 Å². The summed E-state index contributed by atoms with van der Waals surface area (Å²) >= 11 is 0. The zero-order valence-electron chi connectivity index (χ0n) is 44.5. The average Bonchev–Trinajstić information content (AvgIpc) is 3.63. The van der Waals surface area contributed by atoms with Crippen LogP contribution < -0.4 is 10.6 Å². The van der Waals surface area contributed by atoms with E-state index in [1.165, 1.54) is 6.92 Å². The molecule has 1 unspecified atom stereocenters. The van der Waals surface area contributed by atoms with Crippen molar-refractivity contribution in [1.82, 2.24) is 10.6 Å². The molecule has 0 aromatic rings. The van der Waals surface area contributed by atoms with Crippen LogP contribution in [0.3, 0.4) is 0 Å². The number of ether oxygens (including phenoxy) is 13. The zero-order chi connectivity index (χ0) is 61.2. The van der Waals surface area contributed by atoms with Gasteiger partial charge in [-0.05, 0) is 6.92 Å². The molecule has 0 aromatic carbocycles. The van der Waals surface area contributed by atoms with Crippen LogP contribution in [0, 0.1) is 0 Å². The highest BCUT2D eigenvalue weighted by atomic mass is 16.8. The number of amides is 2. The van der Waals surface area contributed by atoms with E-state index in [0.717, 1.165) is 13.8 Å². The summed E-state index contributed by atoms with van der Waals surface area (Å²) in [6.45, 7) is -2.46. The third-order valence-corrected chi connectivity index (χ3v) is 15.3. The van der Waals surface area contributed by atoms with Gasteiger partial charge in [0.05, 0.1) is 45.7 Å². The Kier molecular flexibility index (Phi) is 24.0. The van der Waals surface area contributed by atoms with Crippen molar-refractivity contribution >= 4 is 11.8 Å². The van der Waals surface area contributed by atoms with E-state index in [1.807, 2.05) is 0 Å². The molecular formula is C46H78N2O35. The molecule has 0 aromatic heterocycles. The minimum absolute atomic E-state index is 0.822. The van der Waals surface area contributed by atoms with Crippen molar-refractivity contribution in [2.45, 2.75) is 236 Å². The van der Waals surface area contributed by atoms with Gasteiger partial charge < -0.3 is 174 Å². The van der Waals surface area contributed by atoms with Crippen LogP contribution in [-0.4, -0.2) is 368 Å². The van der Waals surface area contributed by atoms with Crippen molar-refractivity contribution in [3.63, 3.8) is 0 Å². The van der Waals surface area contributed by atoms with Gasteiger partial charge in [0.25, 0.3) is 0 Å². The highest BCUT2D eigenvalue weighted by molar-refractivity contribution is 5.73. The second kappa shape index (κ2) is 29.3. The standard InChI is InChI=1S/C46H78N2O35/c1-10-21(56)27(62)32(67)43(72-10)83-39-29(64)22(57)13(4-49)75-46(39)81-36-16(7-52)76-41(19(25(36)60)47-11(2)54)71-9-18-23(58)28(63)33(68)44(78-18)79-35-17(8-53)77-42(20(26(35)61)48-12(3)55)82-38-24(59)14(5-50)74-45(34(38)69)80-37-15(6-51)73-40(70)31(66)30(37)65/h10,13-46,49-53,56-70H,4-9H2,1-3H3,(H,47,54)(H,48,55)/t10-,13+,14+,15+,16+,17+,18+,19+,20+,21+,22-,23-,24-,25+,26+,27+,28-,29-,30+,31+,32-,33+,34+,35+,36+,37+,38-,39+,40?,41+,42-,43-,44-,45-,46-/m0/s1. The van der Waals surface area contributed by atoms with Gasteiger partial charge in [0.1, 0.15) is 165 Å². The third kappa shape index (κ3) is 14.7. The molecule has 83 heavy (non-hydrogen) atoms. The van der Waals surface area contributed by atoms with E-state index < -0.39 is 266 Å². The van der Waals surface area contributed by atoms with E-state index in [0.29, 0.717) is 0 Å². The van der Waals surface area contributed by atoms with Gasteiger partial charge in [0.15, 0.2) is 44.0 Å². The number of rotatable bonds is 20. The summed E-state index contributed by atoms with van der Waals surface area (Å²) in [7, 11) is 0. The second-order valence-corrected chi connectivity index (χ2v) is 21.1. The Morgan fingerprint density at radius 3 is 1.25 bits per heavy atom. The van der Waals surface area contributed by atoms with Crippen LogP contribution in [0.5, 0.6) is 0 Å². The van der Waals surface area contributed by atoms with Crippen molar-refractivity contribution in [3.8, 4) is 0 Å². The van der Waals surface area contributed by atoms with Crippen molar-refractivity contribution in [1.29, 1.82) is 0 Å². The molecule has 0 radical (unpaired) electrons. The number of hydrogen-bond acceptors (Lipinski definition) is 35. The highest BCUT2D eigenvalue weighted by Crippen LogP contribution is 2.37. The Hall–Kier alpha value is -2.38. The first-order valence-corrected chi connectivity index (χ1v) is 26.5. The number of hydrogen-bond donors (Lipinski definition) is 22. The predicted molar refractivity (Wildman–Crippen MR) is 254 cm³/mol. The van der Waals surface area contributed by atoms with Gasteiger partial charge in [-0.2, -0.15) is 0 Å². The average molecular weight is 1220 g/mol. The minimum atomic E-state index is -2.19. The van der Waals surface area contributed by atoms with Crippen LogP contribution in [0.4, 0.5) is 0 Å². The molecule has 0 saturated carbocycles. The molecular weight excluding hydrogens is 1140 g/mol. The van der Waals surface area contributed by atoms with Gasteiger partial charge in [-0.15, -0.1) is 0 Å². The van der Waals surface area contributed by atoms with E-state index in [2.05, 4.69) is 10.6 Å². The number of nitrogens with one attached hydrogen (secondary N) is 2. The highest BCUT2D eigenvalue weighted by Gasteiger charge is 2.58. The summed E-state index contributed by atoms with van der Waals surface area (Å²) in [5.74, 6) is -1.69. The van der Waals surface area contributed by atoms with Crippen LogP contribution in [0.15, 0.2) is 0 Å². The number of carbonyl (C=O) groups excluding carboxylic acids is 2. The summed E-state index contributed by atoms with van der Waals surface area (Å²) in [4.78, 5) is 25.2. The normalized spacial score (nSPS) is 50.8. The fraction of sp³-hybridized carbons (Fsp3) is 0.957. The Morgan fingerprint density at radius 1 is 0.337 bits per heavy atom. The monoisotopic (exact) mass is 1220 g/mol. The summed E-state index contributed by atoms with van der Waals surface area (Å²) < 4.78 is 74.4. The fourth-order valence-corrected chi connectivity index (χ4v) is 10.6. The first-order chi connectivity index (χ1) is 39.2. The Balaban J connectivity index is 1.05. The number of carbonyl (C=O) groups is 2. The second-order valence-electron chi connectivity index (χ2n) is 21.1. The van der Waals surface area contributed by atoms with E-state index in [-0.39, 0.29) is 0 Å². The van der Waals surface area contributed by atoms with Crippen molar-refractivity contribution in [2.24, 2.45) is 0 Å². The third-order valence-electron chi connectivity index (χ3n) is 15.3. The molecule has 2 amide bonds. The lowest BCUT2D eigenvalue weighted by Gasteiger charge is -2.50. The lowest BCUT2D eigenvalue weighted by molar-refractivity contribution is -0.385. The molecule has 7 rings (SSSR count). The Morgan fingerprint density at radius 2 is 0.711 bits per heavy atom. The SMILES string of the molecule is CC(=O)N[C@H]1[C@H](O[C@H]2[C@@H](O)[C@@H](CO)O[C@@H](O[C@H]3[C@H](O)[C@@H](O)C(O)O[C@@H]3CO)[C@@H]2O)O[C@H](CO)[C@@H](O[C@@H]2O[C@H](CO[C@@H]3O[C@H](CO)[C@@H](O[C@@H]4O[C@H](CO)[C@H](O)[C@H](O)[C@H]4O[C@@H]4O[C@@H](C)[C@@H](O)[C@@H](O)[C@@H]4O)[C@H](O)[C@H]3NC(C)=O)[C@H](O)[C@H](O)[C@H]2O)[C@@H]1O. The van der Waals surface area contributed by atoms with E-state index >= 15 is 0 Å². The van der Waals surface area contributed by atoms with Crippen molar-refractivity contribution < 1.29 is 173 Å². The maximum atomic E-state index is 12.6. The summed E-state index contributed by atoms with van der Waals surface area (Å²) in [6, 6.07) is -3.50. The van der Waals surface area contributed by atoms with Crippen LogP contribution in [0.1, 0.15) is 20.8 Å². The van der Waals surface area contributed by atoms with Crippen LogP contribution in [0.2, 0.25) is 0 Å². The Bertz CT molecular complexity index is 2050. The molecule has 35 atom stereocenters. The van der Waals surface area contributed by atoms with Crippen LogP contribution >= 0.6 is 0 Å². The molecule has 0 aliphatic carbocycles. The van der Waals surface area contributed by atoms with E-state index in [9.17, 15) is 112 Å². The number of aliphatic hydroxyl groups excluding tert-OH is 20. The maximum Gasteiger partial charge on any atom is 0.217 e. The topological polar surface area (TPSA) is 583 Å². The lowest BCUT2D eigenvalue weighted by Crippen LogP contribution is -2.70. The van der Waals surface area contributed by atoms with Gasteiger partial charge >= 0.3 is 0 Å². The quantitative estimate of drug-likeness (QED) is 0.0538. The molecule has 0 spiro atoms. The molecule has 37 nitrogen and oxygen atoms in total. The van der Waals surface area contributed by atoms with Gasteiger partial charge in [-0.3, -0.25) is 9.59 Å². The van der Waals surface area contributed by atoms with Gasteiger partial charge in [0, 0.05) is 13.8 Å². The van der Waals surface area contributed by atoms with Crippen molar-refractivity contribution in [3.05, 3.63) is 0 Å². The molecule has 0 bridgehead atoms. The molecule has 7 heterocycles. The largest absolute Gasteiger partial charge is 0.394 e. The molecule has 7 aliphatic heterocycles. The van der Waals surface area contributed by atoms with Crippen LogP contribution in [-0.2, 0) is 71.2 Å². The minimum Gasteiger partial charge on any atom is -0.394 e. The van der Waals surface area contributed by atoms with Gasteiger partial charge in [0.2, 0.25) is 11.8 Å². The molecule has 482 valence electrons. The predicted octanol–water partition coefficient (Wildman–Crippen LogP) is -15.0. The fourth-order valence-electron chi connectivity index (χ4n) is 10.6. The Labute approximate surface area is 470 Å². The molecule has 7 aliphatic rings. The van der Waals surface area contributed by atoms with Gasteiger partial charge in [-0.1, -0.05) is 0 Å². The van der Waals surface area contributed by atoms with Crippen LogP contribution in [0.25, 0.3) is 0 Å². The summed E-state index contributed by atoms with van der Waals surface area (Å²) in [5.41, 5.74) is 0. The molecule has 7 saturated heterocycles. The lowest BCUT2D eigenvalue weighted by atomic mass is 9.94.